The molecular weight excluding hydrogens is 377 g/mol. The summed E-state index contributed by atoms with van der Waals surface area (Å²) in [6.45, 7) is 7.27. The van der Waals surface area contributed by atoms with Gasteiger partial charge in [-0.05, 0) is 38.5 Å². The van der Waals surface area contributed by atoms with Gasteiger partial charge in [-0.2, -0.15) is 0 Å². The highest BCUT2D eigenvalue weighted by Crippen LogP contribution is 2.28. The van der Waals surface area contributed by atoms with Gasteiger partial charge in [-0.3, -0.25) is 14.5 Å². The molecule has 1 N–H and O–H groups in total. The molecule has 1 atom stereocenters. The van der Waals surface area contributed by atoms with E-state index in [4.69, 9.17) is 27.9 Å². The van der Waals surface area contributed by atoms with E-state index in [2.05, 4.69) is 10.2 Å². The third-order valence-corrected chi connectivity index (χ3v) is 4.72. The zero-order valence-corrected chi connectivity index (χ0v) is 16.6. The average molecular weight is 402 g/mol. The maximum atomic E-state index is 12.7. The lowest BCUT2D eigenvalue weighted by molar-refractivity contribution is -0.137. The first kappa shape index (κ1) is 20.8. The van der Waals surface area contributed by atoms with Crippen molar-refractivity contribution >= 4 is 35.0 Å². The minimum absolute atomic E-state index is 0.0151. The van der Waals surface area contributed by atoms with Gasteiger partial charge in [-0.1, -0.05) is 23.2 Å². The zero-order chi connectivity index (χ0) is 19.1. The summed E-state index contributed by atoms with van der Waals surface area (Å²) in [6.07, 6.45) is 0.170. The number of benzene rings is 1. The molecule has 8 heteroatoms. The topological polar surface area (TPSA) is 61.9 Å². The quantitative estimate of drug-likeness (QED) is 0.794. The molecule has 0 spiro atoms. The van der Waals surface area contributed by atoms with Gasteiger partial charge in [0.15, 0.2) is 6.10 Å². The van der Waals surface area contributed by atoms with Crippen LogP contribution in [0.3, 0.4) is 0 Å². The second-order valence-electron chi connectivity index (χ2n) is 6.24. The fraction of sp³-hybridized carbons (Fsp3) is 0.556. The summed E-state index contributed by atoms with van der Waals surface area (Å²) in [5.41, 5.74) is 0. The second kappa shape index (κ2) is 10.00. The number of carbonyl (C=O) groups is 2. The third-order valence-electron chi connectivity index (χ3n) is 4.19. The van der Waals surface area contributed by atoms with Crippen LogP contribution in [-0.2, 0) is 9.59 Å². The number of amides is 2. The zero-order valence-electron chi connectivity index (χ0n) is 15.1. The van der Waals surface area contributed by atoms with E-state index in [1.165, 1.54) is 0 Å². The van der Waals surface area contributed by atoms with Crippen molar-refractivity contribution < 1.29 is 14.3 Å². The lowest BCUT2D eigenvalue weighted by Crippen LogP contribution is -2.43. The Balaban J connectivity index is 1.89. The molecule has 0 unspecified atom stereocenters. The van der Waals surface area contributed by atoms with E-state index in [1.807, 2.05) is 6.92 Å². The average Bonchev–Trinajstić information content (AvgIpc) is 2.82. The lowest BCUT2D eigenvalue weighted by atomic mass is 10.3. The summed E-state index contributed by atoms with van der Waals surface area (Å²) >= 11 is 12.0. The van der Waals surface area contributed by atoms with Crippen molar-refractivity contribution in [3.05, 3.63) is 28.2 Å². The number of halogens is 2. The standard InChI is InChI=1S/C18H25Cl2N3O3/c1-3-21-17(24)12-22-7-4-8-23(10-9-22)18(25)13(2)26-16-6-5-14(19)11-15(16)20/h5-6,11,13H,3-4,7-10,12H2,1-2H3,(H,21,24)/t13-/m0/s1. The Hall–Kier alpha value is -1.50. The van der Waals surface area contributed by atoms with E-state index in [0.29, 0.717) is 48.5 Å². The van der Waals surface area contributed by atoms with Crippen molar-refractivity contribution in [2.75, 3.05) is 39.3 Å². The van der Waals surface area contributed by atoms with E-state index in [0.717, 1.165) is 13.0 Å². The van der Waals surface area contributed by atoms with Crippen LogP contribution in [0.4, 0.5) is 0 Å². The summed E-state index contributed by atoms with van der Waals surface area (Å²) < 4.78 is 5.72. The van der Waals surface area contributed by atoms with Crippen molar-refractivity contribution in [3.8, 4) is 5.75 Å². The summed E-state index contributed by atoms with van der Waals surface area (Å²) in [5.74, 6) is 0.363. The first-order chi connectivity index (χ1) is 12.4. The number of hydrogen-bond acceptors (Lipinski definition) is 4. The van der Waals surface area contributed by atoms with Crippen molar-refractivity contribution in [1.29, 1.82) is 0 Å². The van der Waals surface area contributed by atoms with Crippen molar-refractivity contribution in [3.63, 3.8) is 0 Å². The number of nitrogens with one attached hydrogen (secondary N) is 1. The number of rotatable bonds is 6. The normalized spacial score (nSPS) is 16.7. The van der Waals surface area contributed by atoms with Gasteiger partial charge in [0.05, 0.1) is 11.6 Å². The van der Waals surface area contributed by atoms with Crippen molar-refractivity contribution in [2.24, 2.45) is 0 Å². The number of likely N-dealkylation sites (N-methyl/N-ethyl adjacent to an activating group) is 1. The molecule has 6 nitrogen and oxygen atoms in total. The van der Waals surface area contributed by atoms with E-state index < -0.39 is 6.10 Å². The van der Waals surface area contributed by atoms with Crippen LogP contribution in [0.15, 0.2) is 18.2 Å². The van der Waals surface area contributed by atoms with E-state index in [9.17, 15) is 9.59 Å². The van der Waals surface area contributed by atoms with E-state index in [1.54, 1.807) is 30.0 Å². The summed E-state index contributed by atoms with van der Waals surface area (Å²) in [5, 5.41) is 3.69. The minimum atomic E-state index is -0.649. The maximum absolute atomic E-state index is 12.7. The largest absolute Gasteiger partial charge is 0.479 e. The van der Waals surface area contributed by atoms with Crippen molar-refractivity contribution in [1.82, 2.24) is 15.1 Å². The highest BCUT2D eigenvalue weighted by Gasteiger charge is 2.25. The van der Waals surface area contributed by atoms with Crippen LogP contribution in [0.5, 0.6) is 5.75 Å². The second-order valence-corrected chi connectivity index (χ2v) is 7.09. The van der Waals surface area contributed by atoms with Gasteiger partial charge in [0.2, 0.25) is 5.91 Å². The first-order valence-electron chi connectivity index (χ1n) is 8.80. The minimum Gasteiger partial charge on any atom is -0.479 e. The van der Waals surface area contributed by atoms with Crippen LogP contribution in [0.2, 0.25) is 10.0 Å². The summed E-state index contributed by atoms with van der Waals surface area (Å²) in [7, 11) is 0. The van der Waals surface area contributed by atoms with Crippen LogP contribution in [-0.4, -0.2) is 67.0 Å². The predicted molar refractivity (Wildman–Crippen MR) is 103 cm³/mol. The molecule has 144 valence electrons. The molecule has 0 saturated carbocycles. The molecule has 1 aliphatic rings. The van der Waals surface area contributed by atoms with Crippen molar-refractivity contribution in [2.45, 2.75) is 26.4 Å². The Bertz CT molecular complexity index is 642. The van der Waals surface area contributed by atoms with Gasteiger partial charge in [-0.25, -0.2) is 0 Å². The Labute approximate surface area is 164 Å². The molecule has 1 aliphatic heterocycles. The van der Waals surface area contributed by atoms with Gasteiger partial charge in [0, 0.05) is 37.7 Å². The predicted octanol–water partition coefficient (Wildman–Crippen LogP) is 2.43. The Kier molecular flexibility index (Phi) is 8.00. The Morgan fingerprint density at radius 3 is 2.69 bits per heavy atom. The first-order valence-corrected chi connectivity index (χ1v) is 9.55. The molecular formula is C18H25Cl2N3O3. The number of nitrogens with zero attached hydrogens (tertiary/aromatic N) is 2. The molecule has 1 fully saturated rings. The monoisotopic (exact) mass is 401 g/mol. The van der Waals surface area contributed by atoms with E-state index >= 15 is 0 Å². The van der Waals surface area contributed by atoms with Gasteiger partial charge in [0.1, 0.15) is 5.75 Å². The van der Waals surface area contributed by atoms with E-state index in [-0.39, 0.29) is 11.8 Å². The van der Waals surface area contributed by atoms with Gasteiger partial charge in [-0.15, -0.1) is 0 Å². The Morgan fingerprint density at radius 2 is 2.00 bits per heavy atom. The highest BCUT2D eigenvalue weighted by molar-refractivity contribution is 6.35. The van der Waals surface area contributed by atoms with Gasteiger partial charge in [0.25, 0.3) is 5.91 Å². The molecule has 2 rings (SSSR count). The molecule has 1 heterocycles. The van der Waals surface area contributed by atoms with Gasteiger partial charge >= 0.3 is 0 Å². The number of carbonyl (C=O) groups excluding carboxylic acids is 2. The third kappa shape index (κ3) is 6.04. The maximum Gasteiger partial charge on any atom is 0.263 e. The molecule has 0 bridgehead atoms. The van der Waals surface area contributed by atoms with Crippen LogP contribution >= 0.6 is 23.2 Å². The molecule has 26 heavy (non-hydrogen) atoms. The summed E-state index contributed by atoms with van der Waals surface area (Å²) in [6, 6.07) is 4.91. The number of hydrogen-bond donors (Lipinski definition) is 1. The molecule has 1 aromatic carbocycles. The molecule has 0 radical (unpaired) electrons. The highest BCUT2D eigenvalue weighted by atomic mass is 35.5. The molecule has 0 aromatic heterocycles. The molecule has 1 saturated heterocycles. The number of ether oxygens (including phenoxy) is 1. The van der Waals surface area contributed by atoms with Gasteiger partial charge < -0.3 is 15.0 Å². The fourth-order valence-electron chi connectivity index (χ4n) is 2.87. The van der Waals surface area contributed by atoms with Crippen LogP contribution in [0.1, 0.15) is 20.3 Å². The smallest absolute Gasteiger partial charge is 0.263 e. The summed E-state index contributed by atoms with van der Waals surface area (Å²) in [4.78, 5) is 28.3. The van der Waals surface area contributed by atoms with Crippen LogP contribution in [0.25, 0.3) is 0 Å². The fourth-order valence-corrected chi connectivity index (χ4v) is 3.33. The van der Waals surface area contributed by atoms with Crippen LogP contribution in [0, 0.1) is 0 Å². The molecule has 1 aromatic rings. The Morgan fingerprint density at radius 1 is 1.23 bits per heavy atom. The molecule has 2 amide bonds. The molecule has 0 aliphatic carbocycles. The SMILES string of the molecule is CCNC(=O)CN1CCCN(C(=O)[C@H](C)Oc2ccc(Cl)cc2Cl)CC1. The van der Waals surface area contributed by atoms with Crippen LogP contribution < -0.4 is 10.1 Å². The lowest BCUT2D eigenvalue weighted by Gasteiger charge is -2.25.